The number of rotatable bonds is 0. The van der Waals surface area contributed by atoms with E-state index >= 15 is 0 Å². The lowest BCUT2D eigenvalue weighted by Crippen LogP contribution is -1.93. The Labute approximate surface area is 70.2 Å². The molecule has 2 heteroatoms. The summed E-state index contributed by atoms with van der Waals surface area (Å²) in [5.74, 6) is -0.0307. The minimum absolute atomic E-state index is 0.0746. The van der Waals surface area contributed by atoms with Crippen molar-refractivity contribution in [1.82, 2.24) is 0 Å². The molecule has 1 aliphatic carbocycles. The molecule has 0 spiro atoms. The van der Waals surface area contributed by atoms with Gasteiger partial charge in [-0.25, -0.2) is 0 Å². The third-order valence-electron chi connectivity index (χ3n) is 2.09. The molecule has 0 heterocycles. The lowest BCUT2D eigenvalue weighted by atomic mass is 10.0. The van der Waals surface area contributed by atoms with Crippen LogP contribution in [0.1, 0.15) is 21.5 Å². The van der Waals surface area contributed by atoms with Crippen LogP contribution in [0.2, 0.25) is 0 Å². The maximum Gasteiger partial charge on any atom is 0.190 e. The number of carbonyl (C=O) groups excluding carboxylic acids is 1. The fourth-order valence-corrected chi connectivity index (χ4v) is 1.43. The van der Waals surface area contributed by atoms with Gasteiger partial charge in [0.2, 0.25) is 0 Å². The largest absolute Gasteiger partial charge is 0.507 e. The van der Waals surface area contributed by atoms with Crippen LogP contribution >= 0.6 is 0 Å². The minimum Gasteiger partial charge on any atom is -0.507 e. The van der Waals surface area contributed by atoms with E-state index in [-0.39, 0.29) is 11.5 Å². The molecule has 0 amide bonds. The van der Waals surface area contributed by atoms with E-state index in [4.69, 9.17) is 0 Å². The number of benzene rings is 1. The van der Waals surface area contributed by atoms with E-state index in [1.165, 1.54) is 6.08 Å². The molecule has 2 nitrogen and oxygen atoms in total. The first-order valence-corrected chi connectivity index (χ1v) is 3.75. The third kappa shape index (κ3) is 0.780. The predicted octanol–water partition coefficient (Wildman–Crippen LogP) is 1.91. The lowest BCUT2D eigenvalue weighted by molar-refractivity contribution is 0.104. The second-order valence-electron chi connectivity index (χ2n) is 2.89. The van der Waals surface area contributed by atoms with Crippen molar-refractivity contribution in [2.75, 3.05) is 0 Å². The summed E-state index contributed by atoms with van der Waals surface area (Å²) in [4.78, 5) is 11.2. The highest BCUT2D eigenvalue weighted by Crippen LogP contribution is 2.30. The van der Waals surface area contributed by atoms with Crippen molar-refractivity contribution in [3.8, 4) is 5.75 Å². The standard InChI is InChI=1S/C10H8O2/c1-6-2-4-8(11)10-7(6)3-5-9(10)12/h2-5,11H,1H3. The molecule has 2 rings (SSSR count). The maximum absolute atomic E-state index is 11.2. The summed E-state index contributed by atoms with van der Waals surface area (Å²) in [6, 6.07) is 3.36. The summed E-state index contributed by atoms with van der Waals surface area (Å²) in [6.45, 7) is 1.92. The van der Waals surface area contributed by atoms with Gasteiger partial charge >= 0.3 is 0 Å². The Morgan fingerprint density at radius 2 is 2.00 bits per heavy atom. The van der Waals surface area contributed by atoms with Gasteiger partial charge in [0.1, 0.15) is 5.75 Å². The van der Waals surface area contributed by atoms with Crippen LogP contribution in [0.25, 0.3) is 6.08 Å². The average molecular weight is 160 g/mol. The zero-order chi connectivity index (χ0) is 8.72. The van der Waals surface area contributed by atoms with Gasteiger partial charge in [-0.05, 0) is 36.3 Å². The van der Waals surface area contributed by atoms with Crippen molar-refractivity contribution < 1.29 is 9.90 Å². The third-order valence-corrected chi connectivity index (χ3v) is 2.09. The van der Waals surface area contributed by atoms with Gasteiger partial charge < -0.3 is 5.11 Å². The molecule has 1 aromatic rings. The molecule has 0 saturated heterocycles. The van der Waals surface area contributed by atoms with Gasteiger partial charge in [-0.3, -0.25) is 4.79 Å². The van der Waals surface area contributed by atoms with Gasteiger partial charge in [-0.2, -0.15) is 0 Å². The molecule has 0 aliphatic heterocycles. The summed E-state index contributed by atoms with van der Waals surface area (Å²) in [5.41, 5.74) is 2.31. The Hall–Kier alpha value is -1.57. The SMILES string of the molecule is Cc1ccc(O)c2c1C=CC2=O. The van der Waals surface area contributed by atoms with Crippen LogP contribution in [0.4, 0.5) is 0 Å². The molecule has 0 atom stereocenters. The van der Waals surface area contributed by atoms with E-state index in [1.54, 1.807) is 18.2 Å². The normalized spacial score (nSPS) is 13.6. The van der Waals surface area contributed by atoms with Gasteiger partial charge in [0, 0.05) is 0 Å². The zero-order valence-electron chi connectivity index (χ0n) is 6.66. The van der Waals surface area contributed by atoms with Crippen LogP contribution in [0, 0.1) is 6.92 Å². The Balaban J connectivity index is 2.79. The number of carbonyl (C=O) groups is 1. The highest BCUT2D eigenvalue weighted by molar-refractivity contribution is 6.15. The van der Waals surface area contributed by atoms with Gasteiger partial charge in [-0.1, -0.05) is 6.07 Å². The monoisotopic (exact) mass is 160 g/mol. The molecule has 12 heavy (non-hydrogen) atoms. The molecule has 0 fully saturated rings. The van der Waals surface area contributed by atoms with Crippen molar-refractivity contribution >= 4 is 11.9 Å². The number of phenols is 1. The second kappa shape index (κ2) is 2.21. The molecular weight excluding hydrogens is 152 g/mol. The molecule has 0 unspecified atom stereocenters. The number of allylic oxidation sites excluding steroid dienone is 1. The molecule has 0 bridgehead atoms. The second-order valence-corrected chi connectivity index (χ2v) is 2.89. The van der Waals surface area contributed by atoms with Crippen LogP contribution in [-0.2, 0) is 0 Å². The van der Waals surface area contributed by atoms with E-state index in [1.807, 2.05) is 6.92 Å². The van der Waals surface area contributed by atoms with Gasteiger partial charge in [0.05, 0.1) is 5.56 Å². The number of aryl methyl sites for hydroxylation is 1. The van der Waals surface area contributed by atoms with Crippen LogP contribution < -0.4 is 0 Å². The van der Waals surface area contributed by atoms with Crippen molar-refractivity contribution in [3.63, 3.8) is 0 Å². The summed E-state index contributed by atoms with van der Waals surface area (Å²) in [7, 11) is 0. The molecular formula is C10H8O2. The lowest BCUT2D eigenvalue weighted by Gasteiger charge is -2.03. The molecule has 60 valence electrons. The van der Waals surface area contributed by atoms with Gasteiger partial charge in [0.25, 0.3) is 0 Å². The summed E-state index contributed by atoms with van der Waals surface area (Å²) >= 11 is 0. The predicted molar refractivity (Wildman–Crippen MR) is 46.2 cm³/mol. The number of ketones is 1. The first-order valence-electron chi connectivity index (χ1n) is 3.75. The number of hydrogen-bond donors (Lipinski definition) is 1. The highest BCUT2D eigenvalue weighted by Gasteiger charge is 2.18. The summed E-state index contributed by atoms with van der Waals surface area (Å²) in [6.07, 6.45) is 3.23. The molecule has 1 aliphatic rings. The first-order chi connectivity index (χ1) is 5.70. The number of hydrogen-bond acceptors (Lipinski definition) is 2. The van der Waals surface area contributed by atoms with Crippen molar-refractivity contribution in [2.45, 2.75) is 6.92 Å². The molecule has 0 aromatic heterocycles. The molecule has 0 radical (unpaired) electrons. The maximum atomic E-state index is 11.2. The molecule has 1 N–H and O–H groups in total. The fraction of sp³-hybridized carbons (Fsp3) is 0.100. The van der Waals surface area contributed by atoms with E-state index in [2.05, 4.69) is 0 Å². The van der Waals surface area contributed by atoms with Crippen LogP contribution in [-0.4, -0.2) is 10.9 Å². The Bertz CT molecular complexity index is 389. The van der Waals surface area contributed by atoms with E-state index < -0.39 is 0 Å². The van der Waals surface area contributed by atoms with E-state index in [0.717, 1.165) is 11.1 Å². The van der Waals surface area contributed by atoms with Crippen LogP contribution in [0.3, 0.4) is 0 Å². The first kappa shape index (κ1) is 7.10. The number of phenolic OH excluding ortho intramolecular Hbond substituents is 1. The molecule has 1 aromatic carbocycles. The highest BCUT2D eigenvalue weighted by atomic mass is 16.3. The van der Waals surface area contributed by atoms with Gasteiger partial charge in [0.15, 0.2) is 5.78 Å². The summed E-state index contributed by atoms with van der Waals surface area (Å²) < 4.78 is 0. The zero-order valence-corrected chi connectivity index (χ0v) is 6.66. The van der Waals surface area contributed by atoms with E-state index in [9.17, 15) is 9.90 Å². The topological polar surface area (TPSA) is 37.3 Å². The summed E-state index contributed by atoms with van der Waals surface area (Å²) in [5, 5.41) is 9.37. The number of aromatic hydroxyl groups is 1. The fourth-order valence-electron chi connectivity index (χ4n) is 1.43. The Morgan fingerprint density at radius 1 is 1.25 bits per heavy atom. The Morgan fingerprint density at radius 3 is 2.67 bits per heavy atom. The smallest absolute Gasteiger partial charge is 0.190 e. The molecule has 0 saturated carbocycles. The van der Waals surface area contributed by atoms with Crippen LogP contribution in [0.15, 0.2) is 18.2 Å². The van der Waals surface area contributed by atoms with Crippen molar-refractivity contribution in [2.24, 2.45) is 0 Å². The van der Waals surface area contributed by atoms with Crippen LogP contribution in [0.5, 0.6) is 5.75 Å². The van der Waals surface area contributed by atoms with Crippen molar-refractivity contribution in [1.29, 1.82) is 0 Å². The minimum atomic E-state index is -0.105. The number of fused-ring (bicyclic) bond motifs is 1. The quantitative estimate of drug-likeness (QED) is 0.629. The van der Waals surface area contributed by atoms with E-state index in [0.29, 0.717) is 5.56 Å². The Kier molecular flexibility index (Phi) is 1.30. The average Bonchev–Trinajstić information content (AvgIpc) is 2.42. The van der Waals surface area contributed by atoms with Gasteiger partial charge in [-0.15, -0.1) is 0 Å². The van der Waals surface area contributed by atoms with Crippen molar-refractivity contribution in [3.05, 3.63) is 34.9 Å².